The largest absolute Gasteiger partial charge is 0.508 e. The van der Waals surface area contributed by atoms with E-state index in [1.807, 2.05) is 29.3 Å². The van der Waals surface area contributed by atoms with E-state index in [9.17, 15) is 9.90 Å². The van der Waals surface area contributed by atoms with Crippen molar-refractivity contribution in [2.45, 2.75) is 6.42 Å². The maximum atomic E-state index is 12.7. The molecule has 2 N–H and O–H groups in total. The highest BCUT2D eigenvalue weighted by Gasteiger charge is 2.20. The highest BCUT2D eigenvalue weighted by Crippen LogP contribution is 2.27. The number of phenols is 1. The topological polar surface area (TPSA) is 72.5 Å². The van der Waals surface area contributed by atoms with Crippen LogP contribution < -0.4 is 0 Å². The molecular weight excluding hydrogens is 328 g/mol. The predicted octanol–water partition coefficient (Wildman–Crippen LogP) is 2.25. The van der Waals surface area contributed by atoms with Crippen molar-refractivity contribution >= 4 is 16.9 Å². The van der Waals surface area contributed by atoms with Gasteiger partial charge in [-0.05, 0) is 36.4 Å². The first-order valence-corrected chi connectivity index (χ1v) is 8.82. The number of hydrogen-bond acceptors (Lipinski definition) is 4. The first-order chi connectivity index (χ1) is 12.6. The van der Waals surface area contributed by atoms with Crippen LogP contribution in [0.15, 0.2) is 42.7 Å². The molecular formula is C20H22N4O2. The van der Waals surface area contributed by atoms with Gasteiger partial charge in [0.05, 0.1) is 6.42 Å². The van der Waals surface area contributed by atoms with E-state index in [0.29, 0.717) is 6.42 Å². The standard InChI is InChI=1S/C20H22N4O2/c1-23-5-7-24(8-6-23)19(26)11-16-13-22-20-18(16)10-15(12-21-20)14-3-2-4-17(25)9-14/h2-4,9-10,12-13,25H,5-8,11H2,1H3,(H,21,22). The van der Waals surface area contributed by atoms with Gasteiger partial charge in [0, 0.05) is 49.5 Å². The van der Waals surface area contributed by atoms with Crippen LogP contribution in [0.3, 0.4) is 0 Å². The number of carbonyl (C=O) groups is 1. The molecule has 0 saturated carbocycles. The maximum absolute atomic E-state index is 12.7. The summed E-state index contributed by atoms with van der Waals surface area (Å²) in [5.41, 5.74) is 3.55. The Kier molecular flexibility index (Phi) is 4.34. The number of pyridine rings is 1. The number of likely N-dealkylation sites (N-methyl/N-ethyl adjacent to an activating group) is 1. The molecule has 1 aliphatic rings. The van der Waals surface area contributed by atoms with Crippen molar-refractivity contribution in [1.82, 2.24) is 19.8 Å². The van der Waals surface area contributed by atoms with Crippen LogP contribution in [-0.4, -0.2) is 64.0 Å². The van der Waals surface area contributed by atoms with Crippen LogP contribution in [0.2, 0.25) is 0 Å². The van der Waals surface area contributed by atoms with Crippen molar-refractivity contribution in [3.63, 3.8) is 0 Å². The Hall–Kier alpha value is -2.86. The third-order valence-electron chi connectivity index (χ3n) is 4.99. The quantitative estimate of drug-likeness (QED) is 0.760. The molecule has 6 heteroatoms. The van der Waals surface area contributed by atoms with Gasteiger partial charge in [-0.15, -0.1) is 0 Å². The summed E-state index contributed by atoms with van der Waals surface area (Å²) in [6.45, 7) is 3.40. The lowest BCUT2D eigenvalue weighted by Gasteiger charge is -2.32. The van der Waals surface area contributed by atoms with Gasteiger partial charge in [0.25, 0.3) is 0 Å². The van der Waals surface area contributed by atoms with E-state index in [0.717, 1.165) is 53.9 Å². The Morgan fingerprint density at radius 1 is 1.19 bits per heavy atom. The number of carbonyl (C=O) groups excluding carboxylic acids is 1. The van der Waals surface area contributed by atoms with E-state index in [1.165, 1.54) is 0 Å². The SMILES string of the molecule is CN1CCN(C(=O)Cc2c[nH]c3ncc(-c4cccc(O)c4)cc23)CC1. The predicted molar refractivity (Wildman–Crippen MR) is 101 cm³/mol. The fraction of sp³-hybridized carbons (Fsp3) is 0.300. The van der Waals surface area contributed by atoms with Gasteiger partial charge in [0.2, 0.25) is 5.91 Å². The summed E-state index contributed by atoms with van der Waals surface area (Å²) in [6, 6.07) is 9.13. The number of aromatic hydroxyl groups is 1. The van der Waals surface area contributed by atoms with Crippen molar-refractivity contribution in [3.8, 4) is 16.9 Å². The Morgan fingerprint density at radius 3 is 2.77 bits per heavy atom. The Bertz CT molecular complexity index is 942. The van der Waals surface area contributed by atoms with Gasteiger partial charge in [-0.3, -0.25) is 4.79 Å². The second-order valence-electron chi connectivity index (χ2n) is 6.85. The Morgan fingerprint density at radius 2 is 2.00 bits per heavy atom. The van der Waals surface area contributed by atoms with E-state index in [-0.39, 0.29) is 11.7 Å². The molecule has 134 valence electrons. The smallest absolute Gasteiger partial charge is 0.227 e. The molecule has 0 spiro atoms. The molecule has 26 heavy (non-hydrogen) atoms. The maximum Gasteiger partial charge on any atom is 0.227 e. The average molecular weight is 350 g/mol. The molecule has 1 fully saturated rings. The van der Waals surface area contributed by atoms with Crippen LogP contribution in [0, 0.1) is 0 Å². The number of phenolic OH excluding ortho intramolecular Hbond substituents is 1. The zero-order valence-electron chi connectivity index (χ0n) is 14.8. The highest BCUT2D eigenvalue weighted by atomic mass is 16.3. The average Bonchev–Trinajstić information content (AvgIpc) is 3.04. The lowest BCUT2D eigenvalue weighted by molar-refractivity contribution is -0.132. The van der Waals surface area contributed by atoms with Gasteiger partial charge in [0.1, 0.15) is 11.4 Å². The normalized spacial score (nSPS) is 15.5. The number of piperazine rings is 1. The van der Waals surface area contributed by atoms with E-state index < -0.39 is 0 Å². The first kappa shape index (κ1) is 16.6. The molecule has 1 aromatic carbocycles. The molecule has 3 heterocycles. The lowest BCUT2D eigenvalue weighted by atomic mass is 10.0. The van der Waals surface area contributed by atoms with Gasteiger partial charge in [-0.2, -0.15) is 0 Å². The van der Waals surface area contributed by atoms with Gasteiger partial charge >= 0.3 is 0 Å². The summed E-state index contributed by atoms with van der Waals surface area (Å²) in [5, 5.41) is 10.7. The van der Waals surface area contributed by atoms with E-state index in [1.54, 1.807) is 18.3 Å². The number of aromatic amines is 1. The monoisotopic (exact) mass is 350 g/mol. The minimum Gasteiger partial charge on any atom is -0.508 e. The summed E-state index contributed by atoms with van der Waals surface area (Å²) in [6.07, 6.45) is 4.02. The molecule has 0 radical (unpaired) electrons. The second kappa shape index (κ2) is 6.80. The van der Waals surface area contributed by atoms with Crippen molar-refractivity contribution in [2.75, 3.05) is 33.2 Å². The van der Waals surface area contributed by atoms with E-state index in [2.05, 4.69) is 21.9 Å². The third-order valence-corrected chi connectivity index (χ3v) is 4.99. The lowest BCUT2D eigenvalue weighted by Crippen LogP contribution is -2.47. The molecule has 0 aliphatic carbocycles. The summed E-state index contributed by atoms with van der Waals surface area (Å²) < 4.78 is 0. The third kappa shape index (κ3) is 3.28. The molecule has 2 aromatic heterocycles. The molecule has 1 amide bonds. The Labute approximate surface area is 152 Å². The number of fused-ring (bicyclic) bond motifs is 1. The fourth-order valence-corrected chi connectivity index (χ4v) is 3.38. The van der Waals surface area contributed by atoms with Gasteiger partial charge in [-0.1, -0.05) is 12.1 Å². The Balaban J connectivity index is 1.59. The van der Waals surface area contributed by atoms with Crippen LogP contribution in [-0.2, 0) is 11.2 Å². The summed E-state index contributed by atoms with van der Waals surface area (Å²) in [7, 11) is 2.08. The molecule has 6 nitrogen and oxygen atoms in total. The first-order valence-electron chi connectivity index (χ1n) is 8.82. The molecule has 0 unspecified atom stereocenters. The summed E-state index contributed by atoms with van der Waals surface area (Å²) >= 11 is 0. The number of aromatic nitrogens is 2. The molecule has 1 aliphatic heterocycles. The van der Waals surface area contributed by atoms with Gasteiger partial charge < -0.3 is 19.9 Å². The van der Waals surface area contributed by atoms with Crippen molar-refractivity contribution < 1.29 is 9.90 Å². The van der Waals surface area contributed by atoms with E-state index in [4.69, 9.17) is 0 Å². The zero-order chi connectivity index (χ0) is 18.1. The summed E-state index contributed by atoms with van der Waals surface area (Å²) in [5.74, 6) is 0.379. The highest BCUT2D eigenvalue weighted by molar-refractivity contribution is 5.89. The number of rotatable bonds is 3. The number of nitrogens with zero attached hydrogens (tertiary/aromatic N) is 3. The minimum absolute atomic E-state index is 0.154. The number of benzene rings is 1. The van der Waals surface area contributed by atoms with Crippen LogP contribution in [0.1, 0.15) is 5.56 Å². The van der Waals surface area contributed by atoms with Crippen LogP contribution in [0.5, 0.6) is 5.75 Å². The van der Waals surface area contributed by atoms with Crippen LogP contribution >= 0.6 is 0 Å². The fourth-order valence-electron chi connectivity index (χ4n) is 3.38. The van der Waals surface area contributed by atoms with E-state index >= 15 is 0 Å². The molecule has 3 aromatic rings. The van der Waals surface area contributed by atoms with Gasteiger partial charge in [0.15, 0.2) is 0 Å². The summed E-state index contributed by atoms with van der Waals surface area (Å²) in [4.78, 5) is 24.5. The van der Waals surface area contributed by atoms with Crippen LogP contribution in [0.25, 0.3) is 22.2 Å². The number of nitrogens with one attached hydrogen (secondary N) is 1. The number of H-pyrrole nitrogens is 1. The van der Waals surface area contributed by atoms with Crippen molar-refractivity contribution in [3.05, 3.63) is 48.3 Å². The number of hydrogen-bond donors (Lipinski definition) is 2. The van der Waals surface area contributed by atoms with Crippen molar-refractivity contribution in [1.29, 1.82) is 0 Å². The molecule has 0 bridgehead atoms. The second-order valence-corrected chi connectivity index (χ2v) is 6.85. The van der Waals surface area contributed by atoms with Gasteiger partial charge in [-0.25, -0.2) is 4.98 Å². The zero-order valence-corrected chi connectivity index (χ0v) is 14.8. The minimum atomic E-state index is 0.154. The molecule has 4 rings (SSSR count). The van der Waals surface area contributed by atoms with Crippen molar-refractivity contribution in [2.24, 2.45) is 0 Å². The molecule has 0 atom stereocenters. The number of amides is 1. The molecule has 1 saturated heterocycles. The van der Waals surface area contributed by atoms with Crippen LogP contribution in [0.4, 0.5) is 0 Å².